The highest BCUT2D eigenvalue weighted by Gasteiger charge is 2.06. The summed E-state index contributed by atoms with van der Waals surface area (Å²) < 4.78 is 2.20. The summed E-state index contributed by atoms with van der Waals surface area (Å²) in [4.78, 5) is 11.8. The number of carbonyl (C=O) groups excluding carboxylic acids is 1. The Kier molecular flexibility index (Phi) is 4.99. The van der Waals surface area contributed by atoms with Crippen LogP contribution in [0, 0.1) is 20.8 Å². The smallest absolute Gasteiger partial charge is 0.339 e. The van der Waals surface area contributed by atoms with Gasteiger partial charge in [-0.1, -0.05) is 18.2 Å². The topological polar surface area (TPSA) is 58.4 Å². The number of urea groups is 1. The molecule has 0 radical (unpaired) electrons. The van der Waals surface area contributed by atoms with E-state index in [0.29, 0.717) is 0 Å². The Morgan fingerprint density at radius 1 is 1.27 bits per heavy atom. The summed E-state index contributed by atoms with van der Waals surface area (Å²) in [6.45, 7) is 9.08. The van der Waals surface area contributed by atoms with Crippen molar-refractivity contribution in [3.63, 3.8) is 0 Å². The van der Waals surface area contributed by atoms with E-state index in [4.69, 9.17) is 0 Å². The van der Waals surface area contributed by atoms with Gasteiger partial charge in [0.1, 0.15) is 0 Å². The van der Waals surface area contributed by atoms with E-state index in [9.17, 15) is 4.79 Å². The van der Waals surface area contributed by atoms with Crippen LogP contribution in [-0.4, -0.2) is 16.8 Å². The second kappa shape index (κ2) is 6.93. The Morgan fingerprint density at radius 3 is 2.64 bits per heavy atom. The van der Waals surface area contributed by atoms with Gasteiger partial charge in [0.25, 0.3) is 0 Å². The maximum Gasteiger partial charge on any atom is 0.339 e. The van der Waals surface area contributed by atoms with Gasteiger partial charge in [0.2, 0.25) is 0 Å². The van der Waals surface area contributed by atoms with E-state index in [1.807, 2.05) is 38.1 Å². The number of hydrogen-bond donors (Lipinski definition) is 2. The molecule has 0 unspecified atom stereocenters. The first-order valence-corrected chi connectivity index (χ1v) is 7.35. The van der Waals surface area contributed by atoms with E-state index in [2.05, 4.69) is 40.3 Å². The zero-order chi connectivity index (χ0) is 16.1. The first kappa shape index (κ1) is 15.8. The van der Waals surface area contributed by atoms with Crippen LogP contribution in [0.4, 0.5) is 10.5 Å². The van der Waals surface area contributed by atoms with Gasteiger partial charge in [-0.25, -0.2) is 10.2 Å². The molecule has 0 saturated heterocycles. The summed E-state index contributed by atoms with van der Waals surface area (Å²) in [6.07, 6.45) is 1.67. The lowest BCUT2D eigenvalue weighted by Gasteiger charge is -2.06. The van der Waals surface area contributed by atoms with Crippen molar-refractivity contribution >= 4 is 17.9 Å². The number of para-hydroxylation sites is 1. The molecule has 1 heterocycles. The van der Waals surface area contributed by atoms with Gasteiger partial charge in [-0.15, -0.1) is 0 Å². The van der Waals surface area contributed by atoms with E-state index in [1.54, 1.807) is 6.21 Å². The van der Waals surface area contributed by atoms with Crippen molar-refractivity contribution in [1.82, 2.24) is 9.99 Å². The second-order valence-corrected chi connectivity index (χ2v) is 5.21. The Morgan fingerprint density at radius 2 is 2.00 bits per heavy atom. The molecule has 0 spiro atoms. The number of anilines is 1. The number of amides is 2. The van der Waals surface area contributed by atoms with E-state index in [0.717, 1.165) is 29.1 Å². The molecule has 1 aromatic heterocycles. The molecule has 0 atom stereocenters. The van der Waals surface area contributed by atoms with E-state index in [1.165, 1.54) is 5.69 Å². The molecule has 0 aliphatic carbocycles. The van der Waals surface area contributed by atoms with Crippen LogP contribution in [-0.2, 0) is 6.54 Å². The Hall–Kier alpha value is -2.56. The molecule has 2 amide bonds. The number of nitrogens with one attached hydrogen (secondary N) is 2. The van der Waals surface area contributed by atoms with Crippen LogP contribution in [0.2, 0.25) is 0 Å². The van der Waals surface area contributed by atoms with E-state index < -0.39 is 0 Å². The van der Waals surface area contributed by atoms with Crippen molar-refractivity contribution in [2.24, 2.45) is 5.10 Å². The number of nitrogens with zero attached hydrogens (tertiary/aromatic N) is 2. The van der Waals surface area contributed by atoms with Crippen LogP contribution < -0.4 is 10.7 Å². The lowest BCUT2D eigenvalue weighted by atomic mass is 10.2. The average molecular weight is 298 g/mol. The second-order valence-electron chi connectivity index (χ2n) is 5.21. The minimum absolute atomic E-state index is 0.352. The van der Waals surface area contributed by atoms with Gasteiger partial charge >= 0.3 is 6.03 Å². The van der Waals surface area contributed by atoms with Crippen LogP contribution in [0.15, 0.2) is 35.4 Å². The molecule has 0 saturated carbocycles. The molecular formula is C17H22N4O. The van der Waals surface area contributed by atoms with Gasteiger partial charge in [0.05, 0.1) is 6.21 Å². The number of carbonyl (C=O) groups is 1. The standard InChI is InChI=1S/C17H22N4O/c1-5-21-13(3)10-15(14(21)4)11-18-20-17(22)19-16-9-7-6-8-12(16)2/h6-11H,5H2,1-4H3,(H2,19,20,22). The fourth-order valence-corrected chi connectivity index (χ4v) is 2.47. The molecule has 2 N–H and O–H groups in total. The molecule has 0 aliphatic rings. The van der Waals surface area contributed by atoms with Gasteiger partial charge in [0.15, 0.2) is 0 Å². The summed E-state index contributed by atoms with van der Waals surface area (Å²) in [5.74, 6) is 0. The number of benzene rings is 1. The minimum Gasteiger partial charge on any atom is -0.349 e. The number of aryl methyl sites for hydroxylation is 2. The van der Waals surface area contributed by atoms with Gasteiger partial charge in [0, 0.05) is 29.2 Å². The molecule has 22 heavy (non-hydrogen) atoms. The predicted molar refractivity (Wildman–Crippen MR) is 90.5 cm³/mol. The Bertz CT molecular complexity index is 701. The highest BCUT2D eigenvalue weighted by molar-refractivity contribution is 5.91. The zero-order valence-electron chi connectivity index (χ0n) is 13.5. The van der Waals surface area contributed by atoms with Crippen molar-refractivity contribution < 1.29 is 4.79 Å². The van der Waals surface area contributed by atoms with Gasteiger partial charge < -0.3 is 9.88 Å². The highest BCUT2D eigenvalue weighted by atomic mass is 16.2. The first-order chi connectivity index (χ1) is 10.5. The van der Waals surface area contributed by atoms with Crippen molar-refractivity contribution in [3.8, 4) is 0 Å². The van der Waals surface area contributed by atoms with Crippen LogP contribution in [0.5, 0.6) is 0 Å². The fraction of sp³-hybridized carbons (Fsp3) is 0.294. The van der Waals surface area contributed by atoms with Crippen molar-refractivity contribution in [2.75, 3.05) is 5.32 Å². The van der Waals surface area contributed by atoms with Crippen LogP contribution in [0.25, 0.3) is 0 Å². The quantitative estimate of drug-likeness (QED) is 0.657. The highest BCUT2D eigenvalue weighted by Crippen LogP contribution is 2.13. The summed E-state index contributed by atoms with van der Waals surface area (Å²) in [6, 6.07) is 9.32. The van der Waals surface area contributed by atoms with Crippen molar-refractivity contribution in [1.29, 1.82) is 0 Å². The zero-order valence-corrected chi connectivity index (χ0v) is 13.5. The minimum atomic E-state index is -0.352. The third-order valence-electron chi connectivity index (χ3n) is 3.69. The molecule has 5 heteroatoms. The number of rotatable bonds is 4. The normalized spacial score (nSPS) is 10.9. The third kappa shape index (κ3) is 3.55. The molecule has 0 fully saturated rings. The van der Waals surface area contributed by atoms with Crippen molar-refractivity contribution in [3.05, 3.63) is 52.8 Å². The molecule has 2 aromatic rings. The average Bonchev–Trinajstić information content (AvgIpc) is 2.75. The summed E-state index contributed by atoms with van der Waals surface area (Å²) in [5, 5.41) is 6.79. The third-order valence-corrected chi connectivity index (χ3v) is 3.69. The Labute approximate surface area is 131 Å². The van der Waals surface area contributed by atoms with Crippen LogP contribution in [0.3, 0.4) is 0 Å². The van der Waals surface area contributed by atoms with E-state index >= 15 is 0 Å². The monoisotopic (exact) mass is 298 g/mol. The number of hydrogen-bond acceptors (Lipinski definition) is 2. The molecular weight excluding hydrogens is 276 g/mol. The number of aromatic nitrogens is 1. The summed E-state index contributed by atoms with van der Waals surface area (Å²) >= 11 is 0. The maximum atomic E-state index is 11.8. The fourth-order valence-electron chi connectivity index (χ4n) is 2.47. The molecule has 5 nitrogen and oxygen atoms in total. The lowest BCUT2D eigenvalue weighted by Crippen LogP contribution is -2.24. The largest absolute Gasteiger partial charge is 0.349 e. The molecule has 0 aliphatic heterocycles. The first-order valence-electron chi connectivity index (χ1n) is 7.35. The molecule has 1 aromatic carbocycles. The molecule has 2 rings (SSSR count). The predicted octanol–water partition coefficient (Wildman–Crippen LogP) is 3.59. The van der Waals surface area contributed by atoms with Gasteiger partial charge in [-0.05, 0) is 45.4 Å². The number of hydrazone groups is 1. The van der Waals surface area contributed by atoms with E-state index in [-0.39, 0.29) is 6.03 Å². The van der Waals surface area contributed by atoms with Crippen LogP contribution >= 0.6 is 0 Å². The molecule has 0 bridgehead atoms. The SMILES string of the molecule is CCn1c(C)cc(C=NNC(=O)Nc2ccccc2C)c1C. The van der Waals surface area contributed by atoms with Crippen LogP contribution in [0.1, 0.15) is 29.4 Å². The maximum absolute atomic E-state index is 11.8. The lowest BCUT2D eigenvalue weighted by molar-refractivity contribution is 0.252. The van der Waals surface area contributed by atoms with Crippen molar-refractivity contribution in [2.45, 2.75) is 34.2 Å². The van der Waals surface area contributed by atoms with Gasteiger partial charge in [-0.2, -0.15) is 5.10 Å². The summed E-state index contributed by atoms with van der Waals surface area (Å²) in [5.41, 5.74) is 7.61. The Balaban J connectivity index is 1.98. The molecule has 116 valence electrons. The van der Waals surface area contributed by atoms with Gasteiger partial charge in [-0.3, -0.25) is 0 Å². The summed E-state index contributed by atoms with van der Waals surface area (Å²) in [7, 11) is 0.